The van der Waals surface area contributed by atoms with E-state index in [4.69, 9.17) is 0 Å². The van der Waals surface area contributed by atoms with Crippen LogP contribution in [0.2, 0.25) is 0 Å². The van der Waals surface area contributed by atoms with Gasteiger partial charge in [-0.05, 0) is 45.2 Å². The molecule has 4 rings (SSSR count). The van der Waals surface area contributed by atoms with Crippen molar-refractivity contribution in [2.45, 2.75) is 79.9 Å². The van der Waals surface area contributed by atoms with Crippen LogP contribution in [0.1, 0.15) is 47.5 Å². The second kappa shape index (κ2) is 9.71. The zero-order valence-electron chi connectivity index (χ0n) is 21.0. The Labute approximate surface area is 220 Å². The lowest BCUT2D eigenvalue weighted by Crippen LogP contribution is -2.60. The summed E-state index contributed by atoms with van der Waals surface area (Å²) >= 11 is 5.39. The van der Waals surface area contributed by atoms with Crippen molar-refractivity contribution in [3.05, 3.63) is 30.3 Å². The van der Waals surface area contributed by atoms with Gasteiger partial charge >= 0.3 is 0 Å². The molecule has 7 nitrogen and oxygen atoms in total. The quantitative estimate of drug-likeness (QED) is 0.440. The minimum absolute atomic E-state index is 0.00248. The van der Waals surface area contributed by atoms with Gasteiger partial charge in [-0.25, -0.2) is 0 Å². The minimum Gasteiger partial charge on any atom is -0.394 e. The Bertz CT molecular complexity index is 987. The molecule has 1 aromatic rings. The van der Waals surface area contributed by atoms with Crippen LogP contribution in [0.25, 0.3) is 0 Å². The zero-order valence-corrected chi connectivity index (χ0v) is 23.4. The number of amides is 3. The molecule has 3 unspecified atom stereocenters. The molecule has 192 valence electrons. The van der Waals surface area contributed by atoms with Crippen LogP contribution in [0.15, 0.2) is 30.3 Å². The molecule has 3 aliphatic rings. The van der Waals surface area contributed by atoms with Gasteiger partial charge in [0.25, 0.3) is 0 Å². The first-order valence-electron chi connectivity index (χ1n) is 12.4. The first-order valence-corrected chi connectivity index (χ1v) is 14.2. The molecule has 3 amide bonds. The van der Waals surface area contributed by atoms with Crippen molar-refractivity contribution in [1.82, 2.24) is 10.2 Å². The van der Waals surface area contributed by atoms with Crippen molar-refractivity contribution >= 4 is 51.1 Å². The number of carbonyl (C=O) groups excluding carboxylic acids is 3. The second-order valence-corrected chi connectivity index (χ2v) is 13.9. The number of nitrogens with one attached hydrogen (secondary N) is 2. The van der Waals surface area contributed by atoms with E-state index in [9.17, 15) is 19.5 Å². The van der Waals surface area contributed by atoms with Crippen molar-refractivity contribution in [2.24, 2.45) is 17.8 Å². The van der Waals surface area contributed by atoms with E-state index in [-0.39, 0.29) is 40.3 Å². The second-order valence-electron chi connectivity index (χ2n) is 11.1. The molecule has 1 spiro atoms. The lowest BCUT2D eigenvalue weighted by molar-refractivity contribution is -0.143. The van der Waals surface area contributed by atoms with Crippen LogP contribution in [0.4, 0.5) is 5.69 Å². The van der Waals surface area contributed by atoms with E-state index in [0.717, 1.165) is 6.42 Å². The number of fused-ring (bicyclic) bond motifs is 1. The van der Waals surface area contributed by atoms with Gasteiger partial charge in [-0.15, -0.1) is 11.8 Å². The summed E-state index contributed by atoms with van der Waals surface area (Å²) in [6, 6.07) is 8.00. The normalized spacial score (nSPS) is 33.4. The maximum atomic E-state index is 14.2. The summed E-state index contributed by atoms with van der Waals surface area (Å²) in [7, 11) is 0. The fourth-order valence-electron chi connectivity index (χ4n) is 6.02. The molecule has 0 aliphatic carbocycles. The molecule has 1 aromatic carbocycles. The monoisotopic (exact) mass is 565 g/mol. The Kier molecular flexibility index (Phi) is 7.34. The summed E-state index contributed by atoms with van der Waals surface area (Å²) in [6.07, 6.45) is 1.38. The molecule has 3 saturated heterocycles. The number of nitrogens with zero attached hydrogens (tertiary/aromatic N) is 1. The largest absolute Gasteiger partial charge is 0.394 e. The van der Waals surface area contributed by atoms with Crippen LogP contribution >= 0.6 is 27.7 Å². The van der Waals surface area contributed by atoms with Crippen LogP contribution in [-0.2, 0) is 14.4 Å². The first kappa shape index (κ1) is 26.5. The number of hydrogen-bond donors (Lipinski definition) is 3. The Morgan fingerprint density at radius 3 is 2.49 bits per heavy atom. The van der Waals surface area contributed by atoms with Gasteiger partial charge in [-0.2, -0.15) is 0 Å². The molecule has 0 aromatic heterocycles. The highest BCUT2D eigenvalue weighted by molar-refractivity contribution is 9.09. The maximum Gasteiger partial charge on any atom is 0.244 e. The number of aliphatic hydroxyl groups is 1. The Hall–Kier alpha value is -1.58. The standard InChI is InChI=1S/C26H36BrN3O4S/c1-6-14(2)17(13-31)30-21(23(33)29-25(3,4)5)26-12-16(27)20(35-26)18(19(26)24(30)34)22(32)28-15-10-8-7-9-11-15/h7-11,14,16-21,31H,6,12-13H2,1-5H3,(H,28,32)(H,29,33)/t14-,16?,17-,18-,19-,20-,21?,26?/m0/s1. The molecule has 0 saturated carbocycles. The number of aliphatic hydroxyl groups excluding tert-OH is 1. The van der Waals surface area contributed by atoms with Crippen molar-refractivity contribution in [3.63, 3.8) is 0 Å². The van der Waals surface area contributed by atoms with Gasteiger partial charge in [-0.1, -0.05) is 54.4 Å². The smallest absolute Gasteiger partial charge is 0.244 e. The third kappa shape index (κ3) is 4.53. The van der Waals surface area contributed by atoms with Gasteiger partial charge in [0.1, 0.15) is 6.04 Å². The van der Waals surface area contributed by atoms with Crippen LogP contribution in [0.5, 0.6) is 0 Å². The van der Waals surface area contributed by atoms with E-state index in [1.165, 1.54) is 0 Å². The average Bonchev–Trinajstić information content (AvgIpc) is 3.37. The van der Waals surface area contributed by atoms with Gasteiger partial charge in [0, 0.05) is 21.3 Å². The number of halogens is 1. The number of para-hydroxylation sites is 1. The zero-order chi connectivity index (χ0) is 25.7. The van der Waals surface area contributed by atoms with Crippen molar-refractivity contribution < 1.29 is 19.5 Å². The van der Waals surface area contributed by atoms with Gasteiger partial charge in [-0.3, -0.25) is 14.4 Å². The van der Waals surface area contributed by atoms with E-state index in [1.807, 2.05) is 65.0 Å². The van der Waals surface area contributed by atoms with Crippen LogP contribution in [0, 0.1) is 17.8 Å². The number of likely N-dealkylation sites (tertiary alicyclic amines) is 1. The molecule has 3 heterocycles. The third-order valence-corrected chi connectivity index (χ3v) is 10.9. The van der Waals surface area contributed by atoms with Crippen molar-refractivity contribution in [1.29, 1.82) is 0 Å². The first-order chi connectivity index (χ1) is 16.4. The van der Waals surface area contributed by atoms with Crippen molar-refractivity contribution in [3.8, 4) is 0 Å². The predicted octanol–water partition coefficient (Wildman–Crippen LogP) is 3.41. The minimum atomic E-state index is -0.755. The van der Waals surface area contributed by atoms with Crippen LogP contribution in [-0.4, -0.2) is 66.8 Å². The number of rotatable bonds is 7. The van der Waals surface area contributed by atoms with E-state index in [2.05, 4.69) is 26.6 Å². The molecule has 3 fully saturated rings. The summed E-state index contributed by atoms with van der Waals surface area (Å²) in [5.74, 6) is -1.80. The Balaban J connectivity index is 1.77. The average molecular weight is 567 g/mol. The van der Waals surface area contributed by atoms with E-state index >= 15 is 0 Å². The summed E-state index contributed by atoms with van der Waals surface area (Å²) < 4.78 is -0.731. The van der Waals surface area contributed by atoms with Gasteiger partial charge in [0.2, 0.25) is 17.7 Å². The molecule has 8 atom stereocenters. The summed E-state index contributed by atoms with van der Waals surface area (Å²) in [4.78, 5) is 43.3. The van der Waals surface area contributed by atoms with Gasteiger partial charge in [0.05, 0.1) is 29.2 Å². The lowest BCUT2D eigenvalue weighted by Gasteiger charge is -2.40. The number of thioether (sulfide) groups is 1. The summed E-state index contributed by atoms with van der Waals surface area (Å²) in [5, 5.41) is 16.3. The molecular weight excluding hydrogens is 530 g/mol. The molecule has 35 heavy (non-hydrogen) atoms. The number of anilines is 1. The molecule has 3 aliphatic heterocycles. The fourth-order valence-corrected chi connectivity index (χ4v) is 9.62. The summed E-state index contributed by atoms with van der Waals surface area (Å²) in [6.45, 7) is 9.54. The van der Waals surface area contributed by atoms with E-state index < -0.39 is 34.2 Å². The Morgan fingerprint density at radius 1 is 1.26 bits per heavy atom. The fraction of sp³-hybridized carbons (Fsp3) is 0.654. The molecule has 9 heteroatoms. The van der Waals surface area contributed by atoms with Crippen LogP contribution < -0.4 is 10.6 Å². The maximum absolute atomic E-state index is 14.2. The van der Waals surface area contributed by atoms with Gasteiger partial charge < -0.3 is 20.6 Å². The predicted molar refractivity (Wildman–Crippen MR) is 142 cm³/mol. The number of hydrogen-bond acceptors (Lipinski definition) is 5. The van der Waals surface area contributed by atoms with Crippen molar-refractivity contribution in [2.75, 3.05) is 11.9 Å². The highest BCUT2D eigenvalue weighted by Gasteiger charge is 2.76. The highest BCUT2D eigenvalue weighted by Crippen LogP contribution is 2.68. The van der Waals surface area contributed by atoms with Gasteiger partial charge in [0.15, 0.2) is 0 Å². The number of carbonyl (C=O) groups is 3. The lowest BCUT2D eigenvalue weighted by atomic mass is 9.70. The highest BCUT2D eigenvalue weighted by atomic mass is 79.9. The van der Waals surface area contributed by atoms with Crippen LogP contribution in [0.3, 0.4) is 0 Å². The summed E-state index contributed by atoms with van der Waals surface area (Å²) in [5.41, 5.74) is 0.202. The SMILES string of the molecule is CC[C@H](C)[C@H](CO)N1C(=O)[C@@H]2[C@H](C(=O)Nc3ccccc3)[C@H]3SC2(CC3Br)C1C(=O)NC(C)(C)C. The topological polar surface area (TPSA) is 98.7 Å². The van der Waals surface area contributed by atoms with E-state index in [1.54, 1.807) is 16.7 Å². The molecule has 2 bridgehead atoms. The third-order valence-electron chi connectivity index (χ3n) is 7.66. The number of alkyl halides is 1. The number of benzene rings is 1. The molecular formula is C26H36BrN3O4S. The molecule has 0 radical (unpaired) electrons. The molecule has 3 N–H and O–H groups in total. The van der Waals surface area contributed by atoms with E-state index in [0.29, 0.717) is 12.1 Å². The Morgan fingerprint density at radius 2 is 1.91 bits per heavy atom.